The average Bonchev–Trinajstić information content (AvgIpc) is 2.86. The standard InChI is InChI=1S/C15H8Cl2FNO2/c16-10-4-8(5-11(17)14(10)19)15(20)13-6-7-3-9(18)1-2-12(7)21-13/h1-6H,19H2. The SMILES string of the molecule is Nc1c(Cl)cc(C(=O)c2cc3cc(F)ccc3o2)cc1Cl. The molecule has 0 atom stereocenters. The molecule has 0 aliphatic rings. The zero-order valence-corrected chi connectivity index (χ0v) is 12.0. The van der Waals surface area contributed by atoms with E-state index in [1.54, 1.807) is 0 Å². The van der Waals surface area contributed by atoms with Gasteiger partial charge in [-0.05, 0) is 36.4 Å². The topological polar surface area (TPSA) is 56.2 Å². The van der Waals surface area contributed by atoms with Crippen molar-refractivity contribution in [3.05, 3.63) is 63.6 Å². The van der Waals surface area contributed by atoms with Crippen molar-refractivity contribution in [3.63, 3.8) is 0 Å². The van der Waals surface area contributed by atoms with Crippen LogP contribution in [-0.4, -0.2) is 5.78 Å². The molecule has 0 fully saturated rings. The van der Waals surface area contributed by atoms with Crippen molar-refractivity contribution >= 4 is 45.6 Å². The van der Waals surface area contributed by atoms with Gasteiger partial charge in [-0.25, -0.2) is 4.39 Å². The number of carbonyl (C=O) groups excluding carboxylic acids is 1. The fourth-order valence-electron chi connectivity index (χ4n) is 1.98. The predicted octanol–water partition coefficient (Wildman–Crippen LogP) is 4.69. The molecule has 1 aromatic heterocycles. The number of furan rings is 1. The Kier molecular flexibility index (Phi) is 3.35. The third-order valence-corrected chi connectivity index (χ3v) is 3.67. The number of nitrogen functional groups attached to an aromatic ring is 1. The van der Waals surface area contributed by atoms with Crippen LogP contribution in [-0.2, 0) is 0 Å². The van der Waals surface area contributed by atoms with E-state index >= 15 is 0 Å². The minimum absolute atomic E-state index is 0.0764. The van der Waals surface area contributed by atoms with Crippen LogP contribution in [0.4, 0.5) is 10.1 Å². The van der Waals surface area contributed by atoms with Gasteiger partial charge in [0, 0.05) is 10.9 Å². The Labute approximate surface area is 129 Å². The molecule has 3 aromatic rings. The van der Waals surface area contributed by atoms with Gasteiger partial charge in [0.25, 0.3) is 0 Å². The van der Waals surface area contributed by atoms with Crippen LogP contribution in [0.2, 0.25) is 10.0 Å². The summed E-state index contributed by atoms with van der Waals surface area (Å²) in [6.45, 7) is 0. The third-order valence-electron chi connectivity index (χ3n) is 3.04. The Bertz CT molecular complexity index is 850. The molecule has 3 nitrogen and oxygen atoms in total. The van der Waals surface area contributed by atoms with Crippen molar-refractivity contribution in [2.75, 3.05) is 5.73 Å². The Hall–Kier alpha value is -2.04. The lowest BCUT2D eigenvalue weighted by molar-refractivity contribution is 0.101. The van der Waals surface area contributed by atoms with E-state index in [0.29, 0.717) is 11.0 Å². The van der Waals surface area contributed by atoms with Crippen LogP contribution in [0.3, 0.4) is 0 Å². The lowest BCUT2D eigenvalue weighted by Crippen LogP contribution is -2.01. The molecule has 0 bridgehead atoms. The van der Waals surface area contributed by atoms with Gasteiger partial charge in [0.1, 0.15) is 11.4 Å². The minimum atomic E-state index is -0.407. The normalized spacial score (nSPS) is 11.0. The Morgan fingerprint density at radius 3 is 2.43 bits per heavy atom. The van der Waals surface area contributed by atoms with Gasteiger partial charge in [-0.1, -0.05) is 23.2 Å². The summed E-state index contributed by atoms with van der Waals surface area (Å²) in [6, 6.07) is 8.32. The van der Waals surface area contributed by atoms with Crippen molar-refractivity contribution in [2.24, 2.45) is 0 Å². The number of anilines is 1. The molecule has 21 heavy (non-hydrogen) atoms. The van der Waals surface area contributed by atoms with E-state index < -0.39 is 11.6 Å². The molecule has 0 saturated carbocycles. The number of fused-ring (bicyclic) bond motifs is 1. The van der Waals surface area contributed by atoms with Gasteiger partial charge in [0.2, 0.25) is 5.78 Å². The molecule has 1 heterocycles. The molecule has 2 N–H and O–H groups in total. The maximum absolute atomic E-state index is 13.1. The summed E-state index contributed by atoms with van der Waals surface area (Å²) in [5, 5.41) is 0.881. The van der Waals surface area contributed by atoms with E-state index in [0.717, 1.165) is 0 Å². The number of hydrogen-bond acceptors (Lipinski definition) is 3. The second kappa shape index (κ2) is 5.06. The van der Waals surface area contributed by atoms with Crippen molar-refractivity contribution in [1.29, 1.82) is 0 Å². The highest BCUT2D eigenvalue weighted by Crippen LogP contribution is 2.30. The van der Waals surface area contributed by atoms with Crippen LogP contribution in [0.25, 0.3) is 11.0 Å². The monoisotopic (exact) mass is 323 g/mol. The zero-order valence-electron chi connectivity index (χ0n) is 10.5. The van der Waals surface area contributed by atoms with Crippen LogP contribution < -0.4 is 5.73 Å². The van der Waals surface area contributed by atoms with Gasteiger partial charge in [-0.3, -0.25) is 4.79 Å². The lowest BCUT2D eigenvalue weighted by atomic mass is 10.1. The number of nitrogens with two attached hydrogens (primary N) is 1. The van der Waals surface area contributed by atoms with Crippen LogP contribution in [0, 0.1) is 5.82 Å². The largest absolute Gasteiger partial charge is 0.453 e. The van der Waals surface area contributed by atoms with Crippen molar-refractivity contribution < 1.29 is 13.6 Å². The average molecular weight is 324 g/mol. The van der Waals surface area contributed by atoms with Crippen LogP contribution >= 0.6 is 23.2 Å². The number of carbonyl (C=O) groups is 1. The maximum atomic E-state index is 13.1. The number of hydrogen-bond donors (Lipinski definition) is 1. The first-order valence-electron chi connectivity index (χ1n) is 5.94. The third kappa shape index (κ3) is 2.48. The van der Waals surface area contributed by atoms with Crippen molar-refractivity contribution in [3.8, 4) is 0 Å². The summed E-state index contributed by atoms with van der Waals surface area (Å²) in [5.41, 5.74) is 6.51. The molecule has 0 aliphatic heterocycles. The van der Waals surface area contributed by atoms with E-state index in [1.165, 1.54) is 36.4 Å². The highest BCUT2D eigenvalue weighted by molar-refractivity contribution is 6.39. The molecule has 0 saturated heterocycles. The molecule has 0 aliphatic carbocycles. The lowest BCUT2D eigenvalue weighted by Gasteiger charge is -2.04. The maximum Gasteiger partial charge on any atom is 0.228 e. The van der Waals surface area contributed by atoms with Crippen molar-refractivity contribution in [1.82, 2.24) is 0 Å². The summed E-state index contributed by atoms with van der Waals surface area (Å²) in [5.74, 6) is -0.733. The number of ketones is 1. The Balaban J connectivity index is 2.08. The highest BCUT2D eigenvalue weighted by Gasteiger charge is 2.17. The second-order valence-electron chi connectivity index (χ2n) is 4.48. The zero-order chi connectivity index (χ0) is 15.1. The highest BCUT2D eigenvalue weighted by atomic mass is 35.5. The van der Waals surface area contributed by atoms with Crippen LogP contribution in [0.1, 0.15) is 16.1 Å². The van der Waals surface area contributed by atoms with Gasteiger partial charge >= 0.3 is 0 Å². The van der Waals surface area contributed by atoms with Gasteiger partial charge < -0.3 is 10.2 Å². The van der Waals surface area contributed by atoms with Gasteiger partial charge in [0.15, 0.2) is 5.76 Å². The molecule has 106 valence electrons. The summed E-state index contributed by atoms with van der Waals surface area (Å²) >= 11 is 11.8. The van der Waals surface area contributed by atoms with Gasteiger partial charge in [-0.15, -0.1) is 0 Å². The molecular weight excluding hydrogens is 316 g/mol. The van der Waals surface area contributed by atoms with Gasteiger partial charge in [0.05, 0.1) is 15.7 Å². The van der Waals surface area contributed by atoms with E-state index in [1.807, 2.05) is 0 Å². The Morgan fingerprint density at radius 2 is 1.76 bits per heavy atom. The molecule has 0 amide bonds. The first-order valence-corrected chi connectivity index (χ1v) is 6.69. The molecule has 0 spiro atoms. The quantitative estimate of drug-likeness (QED) is 0.549. The predicted molar refractivity (Wildman–Crippen MR) is 80.5 cm³/mol. The second-order valence-corrected chi connectivity index (χ2v) is 5.29. The molecule has 6 heteroatoms. The van der Waals surface area contributed by atoms with E-state index in [9.17, 15) is 9.18 Å². The summed E-state index contributed by atoms with van der Waals surface area (Å²) in [4.78, 5) is 12.4. The van der Waals surface area contributed by atoms with Crippen molar-refractivity contribution in [2.45, 2.75) is 0 Å². The van der Waals surface area contributed by atoms with Gasteiger partial charge in [-0.2, -0.15) is 0 Å². The van der Waals surface area contributed by atoms with E-state index in [-0.39, 0.29) is 27.1 Å². The Morgan fingerprint density at radius 1 is 1.10 bits per heavy atom. The molecule has 2 aromatic carbocycles. The van der Waals surface area contributed by atoms with Crippen LogP contribution in [0.5, 0.6) is 0 Å². The molecule has 0 unspecified atom stereocenters. The van der Waals surface area contributed by atoms with E-state index in [2.05, 4.69) is 0 Å². The molecular formula is C15H8Cl2FNO2. The van der Waals surface area contributed by atoms with Crippen LogP contribution in [0.15, 0.2) is 40.8 Å². The number of halogens is 3. The summed E-state index contributed by atoms with van der Waals surface area (Å²) in [7, 11) is 0. The molecule has 3 rings (SSSR count). The first kappa shape index (κ1) is 13.9. The summed E-state index contributed by atoms with van der Waals surface area (Å²) in [6.07, 6.45) is 0. The smallest absolute Gasteiger partial charge is 0.228 e. The molecule has 0 radical (unpaired) electrons. The minimum Gasteiger partial charge on any atom is -0.453 e. The fraction of sp³-hybridized carbons (Fsp3) is 0. The number of benzene rings is 2. The number of rotatable bonds is 2. The first-order chi connectivity index (χ1) is 9.95. The van der Waals surface area contributed by atoms with E-state index in [4.69, 9.17) is 33.4 Å². The fourth-order valence-corrected chi connectivity index (χ4v) is 2.47. The summed E-state index contributed by atoms with van der Waals surface area (Å²) < 4.78 is 18.6.